The van der Waals surface area contributed by atoms with Crippen molar-refractivity contribution in [1.29, 1.82) is 5.26 Å². The van der Waals surface area contributed by atoms with E-state index in [1.54, 1.807) is 12.1 Å². The molecule has 0 saturated heterocycles. The summed E-state index contributed by atoms with van der Waals surface area (Å²) in [7, 11) is 0. The second-order valence-electron chi connectivity index (χ2n) is 4.19. The molecule has 2 aromatic carbocycles. The predicted octanol–water partition coefficient (Wildman–Crippen LogP) is 4.60. The van der Waals surface area contributed by atoms with Gasteiger partial charge in [0.2, 0.25) is 0 Å². The first-order valence-electron chi connectivity index (χ1n) is 5.87. The first-order chi connectivity index (χ1) is 10.0. The molecule has 0 bridgehead atoms. The minimum atomic E-state index is -0.440. The SMILES string of the molecule is N#Cc1cc(Br)ccc1NCc1ccc([N+](=O)[O-])cc1Br. The van der Waals surface area contributed by atoms with Gasteiger partial charge in [0.15, 0.2) is 0 Å². The van der Waals surface area contributed by atoms with Crippen LogP contribution in [0.1, 0.15) is 11.1 Å². The number of hydrogen-bond donors (Lipinski definition) is 1. The molecule has 0 amide bonds. The van der Waals surface area contributed by atoms with Gasteiger partial charge in [0.1, 0.15) is 6.07 Å². The fourth-order valence-electron chi connectivity index (χ4n) is 1.75. The Bertz CT molecular complexity index is 741. The van der Waals surface area contributed by atoms with Crippen LogP contribution in [-0.4, -0.2) is 4.92 Å². The monoisotopic (exact) mass is 409 g/mol. The maximum absolute atomic E-state index is 10.7. The number of nitriles is 1. The Morgan fingerprint density at radius 1 is 1.24 bits per heavy atom. The van der Waals surface area contributed by atoms with Crippen LogP contribution in [0.4, 0.5) is 11.4 Å². The van der Waals surface area contributed by atoms with Crippen LogP contribution in [-0.2, 0) is 6.54 Å². The van der Waals surface area contributed by atoms with Gasteiger partial charge in [-0.15, -0.1) is 0 Å². The minimum absolute atomic E-state index is 0.0342. The molecular weight excluding hydrogens is 402 g/mol. The van der Waals surface area contributed by atoms with Crippen LogP contribution in [0.5, 0.6) is 0 Å². The van der Waals surface area contributed by atoms with Gasteiger partial charge in [-0.2, -0.15) is 5.26 Å². The lowest BCUT2D eigenvalue weighted by molar-refractivity contribution is -0.384. The molecule has 0 radical (unpaired) electrons. The average Bonchev–Trinajstić information content (AvgIpc) is 2.46. The molecule has 7 heteroatoms. The summed E-state index contributed by atoms with van der Waals surface area (Å²) in [6.07, 6.45) is 0. The molecule has 0 aliphatic rings. The van der Waals surface area contributed by atoms with Gasteiger partial charge in [-0.1, -0.05) is 31.9 Å². The van der Waals surface area contributed by atoms with E-state index in [9.17, 15) is 10.1 Å². The number of rotatable bonds is 4. The van der Waals surface area contributed by atoms with Crippen LogP contribution in [0.15, 0.2) is 45.3 Å². The Morgan fingerprint density at radius 3 is 2.62 bits per heavy atom. The maximum Gasteiger partial charge on any atom is 0.270 e. The third-order valence-electron chi connectivity index (χ3n) is 2.82. The van der Waals surface area contributed by atoms with E-state index in [-0.39, 0.29) is 5.69 Å². The summed E-state index contributed by atoms with van der Waals surface area (Å²) in [5.74, 6) is 0. The van der Waals surface area contributed by atoms with Gasteiger partial charge >= 0.3 is 0 Å². The van der Waals surface area contributed by atoms with Gasteiger partial charge in [0, 0.05) is 27.6 Å². The van der Waals surface area contributed by atoms with E-state index in [0.717, 1.165) is 10.0 Å². The van der Waals surface area contributed by atoms with Crippen LogP contribution < -0.4 is 5.32 Å². The van der Waals surface area contributed by atoms with Crippen molar-refractivity contribution >= 4 is 43.2 Å². The highest BCUT2D eigenvalue weighted by molar-refractivity contribution is 9.10. The molecule has 0 saturated carbocycles. The summed E-state index contributed by atoms with van der Waals surface area (Å²) in [6.45, 7) is 0.453. The van der Waals surface area contributed by atoms with Gasteiger partial charge in [0.25, 0.3) is 5.69 Å². The fourth-order valence-corrected chi connectivity index (χ4v) is 2.61. The number of anilines is 1. The maximum atomic E-state index is 10.7. The molecule has 0 aromatic heterocycles. The molecule has 5 nitrogen and oxygen atoms in total. The zero-order chi connectivity index (χ0) is 15.4. The van der Waals surface area contributed by atoms with Gasteiger partial charge in [-0.05, 0) is 29.8 Å². The van der Waals surface area contributed by atoms with Crippen molar-refractivity contribution in [3.63, 3.8) is 0 Å². The Balaban J connectivity index is 2.17. The number of non-ortho nitro benzene ring substituents is 1. The molecule has 2 aromatic rings. The van der Waals surface area contributed by atoms with E-state index in [1.807, 2.05) is 12.1 Å². The molecule has 0 fully saturated rings. The lowest BCUT2D eigenvalue weighted by Gasteiger charge is -2.10. The van der Waals surface area contributed by atoms with Crippen molar-refractivity contribution in [3.8, 4) is 6.07 Å². The minimum Gasteiger partial charge on any atom is -0.380 e. The second kappa shape index (κ2) is 6.70. The highest BCUT2D eigenvalue weighted by Gasteiger charge is 2.09. The number of nitro benzene ring substituents is 1. The summed E-state index contributed by atoms with van der Waals surface area (Å²) in [5.41, 5.74) is 2.15. The quantitative estimate of drug-likeness (QED) is 0.589. The zero-order valence-electron chi connectivity index (χ0n) is 10.6. The zero-order valence-corrected chi connectivity index (χ0v) is 13.8. The average molecular weight is 411 g/mol. The summed E-state index contributed by atoms with van der Waals surface area (Å²) < 4.78 is 1.49. The van der Waals surface area contributed by atoms with Gasteiger partial charge in [0.05, 0.1) is 16.2 Å². The molecule has 0 heterocycles. The molecule has 0 aliphatic heterocycles. The van der Waals surface area contributed by atoms with Crippen molar-refractivity contribution in [2.45, 2.75) is 6.54 Å². The van der Waals surface area contributed by atoms with Gasteiger partial charge < -0.3 is 5.32 Å². The molecule has 0 unspecified atom stereocenters. The summed E-state index contributed by atoms with van der Waals surface area (Å²) >= 11 is 6.64. The van der Waals surface area contributed by atoms with Crippen molar-refractivity contribution in [1.82, 2.24) is 0 Å². The number of nitrogens with one attached hydrogen (secondary N) is 1. The molecule has 0 spiro atoms. The number of nitrogens with zero attached hydrogens (tertiary/aromatic N) is 2. The number of halogens is 2. The van der Waals surface area contributed by atoms with E-state index in [0.29, 0.717) is 22.3 Å². The third-order valence-corrected chi connectivity index (χ3v) is 4.05. The Hall–Kier alpha value is -1.91. The summed E-state index contributed by atoms with van der Waals surface area (Å²) in [4.78, 5) is 10.2. The molecule has 106 valence electrons. The van der Waals surface area contributed by atoms with Crippen LogP contribution in [0, 0.1) is 21.4 Å². The highest BCUT2D eigenvalue weighted by Crippen LogP contribution is 2.25. The first kappa shape index (κ1) is 15.5. The van der Waals surface area contributed by atoms with Crippen molar-refractivity contribution in [2.24, 2.45) is 0 Å². The molecule has 21 heavy (non-hydrogen) atoms. The lowest BCUT2D eigenvalue weighted by Crippen LogP contribution is -2.02. The number of nitro groups is 1. The summed E-state index contributed by atoms with van der Waals surface area (Å²) in [6, 6.07) is 12.1. The Morgan fingerprint density at radius 2 is 2.00 bits per heavy atom. The lowest BCUT2D eigenvalue weighted by atomic mass is 10.1. The Labute approximate surface area is 138 Å². The molecule has 2 rings (SSSR count). The van der Waals surface area contributed by atoms with Gasteiger partial charge in [-0.25, -0.2) is 0 Å². The van der Waals surface area contributed by atoms with Crippen LogP contribution >= 0.6 is 31.9 Å². The molecular formula is C14H9Br2N3O2. The smallest absolute Gasteiger partial charge is 0.270 e. The van der Waals surface area contributed by atoms with E-state index in [2.05, 4.69) is 43.2 Å². The topological polar surface area (TPSA) is 79.0 Å². The van der Waals surface area contributed by atoms with Crippen LogP contribution in [0.2, 0.25) is 0 Å². The van der Waals surface area contributed by atoms with E-state index < -0.39 is 4.92 Å². The van der Waals surface area contributed by atoms with E-state index >= 15 is 0 Å². The van der Waals surface area contributed by atoms with Crippen molar-refractivity contribution < 1.29 is 4.92 Å². The number of hydrogen-bond acceptors (Lipinski definition) is 4. The van der Waals surface area contributed by atoms with Crippen molar-refractivity contribution in [2.75, 3.05) is 5.32 Å². The van der Waals surface area contributed by atoms with E-state index in [4.69, 9.17) is 5.26 Å². The normalized spacial score (nSPS) is 9.95. The van der Waals surface area contributed by atoms with E-state index in [1.165, 1.54) is 12.1 Å². The predicted molar refractivity (Wildman–Crippen MR) is 87.0 cm³/mol. The van der Waals surface area contributed by atoms with Gasteiger partial charge in [-0.3, -0.25) is 10.1 Å². The fraction of sp³-hybridized carbons (Fsp3) is 0.0714. The van der Waals surface area contributed by atoms with Crippen molar-refractivity contribution in [3.05, 3.63) is 66.6 Å². The van der Waals surface area contributed by atoms with Crippen LogP contribution in [0.25, 0.3) is 0 Å². The molecule has 1 N–H and O–H groups in total. The third kappa shape index (κ3) is 3.80. The standard InChI is InChI=1S/C14H9Br2N3O2/c15-11-2-4-14(10(5-11)7-17)18-8-9-1-3-12(19(20)21)6-13(9)16/h1-6,18H,8H2. The Kier molecular flexibility index (Phi) is 4.94. The molecule has 0 aliphatic carbocycles. The number of benzene rings is 2. The largest absolute Gasteiger partial charge is 0.380 e. The molecule has 0 atom stereocenters. The second-order valence-corrected chi connectivity index (χ2v) is 5.96. The van der Waals surface area contributed by atoms with Crippen LogP contribution in [0.3, 0.4) is 0 Å². The highest BCUT2D eigenvalue weighted by atomic mass is 79.9. The summed E-state index contributed by atoms with van der Waals surface area (Å²) in [5, 5.41) is 22.9. The first-order valence-corrected chi connectivity index (χ1v) is 7.46.